The van der Waals surface area contributed by atoms with Crippen LogP contribution in [0.1, 0.15) is 18.1 Å². The lowest BCUT2D eigenvalue weighted by Crippen LogP contribution is -2.16. The molecule has 0 spiro atoms. The Morgan fingerprint density at radius 3 is 2.40 bits per heavy atom. The molecule has 4 nitrogen and oxygen atoms in total. The first-order valence-corrected chi connectivity index (χ1v) is 9.55. The third kappa shape index (κ3) is 6.35. The van der Waals surface area contributed by atoms with Gasteiger partial charge >= 0.3 is 0 Å². The zero-order valence-corrected chi connectivity index (χ0v) is 15.8. The van der Waals surface area contributed by atoms with E-state index < -0.39 is 0 Å². The number of carbonyl (C=O) groups excluding carboxylic acids is 1. The first-order chi connectivity index (χ1) is 12.1. The summed E-state index contributed by atoms with van der Waals surface area (Å²) >= 11 is 1.56. The van der Waals surface area contributed by atoms with E-state index in [2.05, 4.69) is 5.32 Å². The third-order valence-corrected chi connectivity index (χ3v) is 4.66. The van der Waals surface area contributed by atoms with Gasteiger partial charge in [0.25, 0.3) is 0 Å². The summed E-state index contributed by atoms with van der Waals surface area (Å²) in [6, 6.07) is 13.5. The second-order valence-corrected chi connectivity index (χ2v) is 6.71. The lowest BCUT2D eigenvalue weighted by Gasteiger charge is -2.10. The zero-order chi connectivity index (χ0) is 18.1. The van der Waals surface area contributed by atoms with Crippen LogP contribution < -0.4 is 14.8 Å². The van der Waals surface area contributed by atoms with E-state index in [0.29, 0.717) is 19.0 Å². The molecule has 0 unspecified atom stereocenters. The summed E-state index contributed by atoms with van der Waals surface area (Å²) in [6.07, 6.45) is 0. The number of aryl methyl sites for hydroxylation is 1. The van der Waals surface area contributed by atoms with Crippen molar-refractivity contribution in [2.24, 2.45) is 0 Å². The van der Waals surface area contributed by atoms with Gasteiger partial charge < -0.3 is 14.8 Å². The highest BCUT2D eigenvalue weighted by molar-refractivity contribution is 7.99. The number of amides is 1. The van der Waals surface area contributed by atoms with Gasteiger partial charge in [0.1, 0.15) is 11.5 Å². The maximum atomic E-state index is 12.0. The standard InChI is InChI=1S/C20H25NO3S/c1-4-23-17-8-10-18(11-9-17)24-12-13-25-14-20(22)21-19-7-5-6-15(2)16(19)3/h5-11H,4,12-14H2,1-3H3,(H,21,22). The van der Waals surface area contributed by atoms with E-state index in [1.54, 1.807) is 11.8 Å². The van der Waals surface area contributed by atoms with Gasteiger partial charge in [-0.2, -0.15) is 0 Å². The van der Waals surface area contributed by atoms with Crippen LogP contribution in [0.4, 0.5) is 5.69 Å². The predicted molar refractivity (Wildman–Crippen MR) is 105 cm³/mol. The van der Waals surface area contributed by atoms with Crippen molar-refractivity contribution < 1.29 is 14.3 Å². The molecule has 5 heteroatoms. The van der Waals surface area contributed by atoms with Gasteiger partial charge in [0.05, 0.1) is 19.0 Å². The molecule has 2 aromatic carbocycles. The summed E-state index contributed by atoms with van der Waals surface area (Å²) in [5, 5.41) is 2.96. The molecule has 0 saturated carbocycles. The highest BCUT2D eigenvalue weighted by Gasteiger charge is 2.06. The summed E-state index contributed by atoms with van der Waals surface area (Å²) in [7, 11) is 0. The molecule has 1 amide bonds. The molecule has 0 aliphatic rings. The van der Waals surface area contributed by atoms with Gasteiger partial charge in [0, 0.05) is 11.4 Å². The summed E-state index contributed by atoms with van der Waals surface area (Å²) in [6.45, 7) is 7.23. The molecule has 0 bridgehead atoms. The van der Waals surface area contributed by atoms with Gasteiger partial charge in [-0.15, -0.1) is 11.8 Å². The largest absolute Gasteiger partial charge is 0.494 e. The van der Waals surface area contributed by atoms with Crippen molar-refractivity contribution in [3.05, 3.63) is 53.6 Å². The van der Waals surface area contributed by atoms with E-state index in [9.17, 15) is 4.79 Å². The first kappa shape index (κ1) is 19.2. The molecule has 0 saturated heterocycles. The minimum atomic E-state index is 0.0137. The van der Waals surface area contributed by atoms with Gasteiger partial charge in [0.2, 0.25) is 5.91 Å². The van der Waals surface area contributed by atoms with Crippen LogP contribution in [0.5, 0.6) is 11.5 Å². The van der Waals surface area contributed by atoms with E-state index >= 15 is 0 Å². The molecule has 0 aliphatic heterocycles. The summed E-state index contributed by atoms with van der Waals surface area (Å²) in [4.78, 5) is 12.0. The van der Waals surface area contributed by atoms with Gasteiger partial charge in [-0.3, -0.25) is 4.79 Å². The van der Waals surface area contributed by atoms with Crippen LogP contribution >= 0.6 is 11.8 Å². The van der Waals surface area contributed by atoms with Crippen molar-refractivity contribution in [1.82, 2.24) is 0 Å². The second kappa shape index (κ2) is 9.99. The molecule has 25 heavy (non-hydrogen) atoms. The van der Waals surface area contributed by atoms with E-state index in [1.807, 2.05) is 63.2 Å². The Bertz CT molecular complexity index is 686. The highest BCUT2D eigenvalue weighted by atomic mass is 32.2. The maximum Gasteiger partial charge on any atom is 0.234 e. The predicted octanol–water partition coefficient (Wildman–Crippen LogP) is 4.45. The molecule has 2 rings (SSSR count). The fourth-order valence-corrected chi connectivity index (χ4v) is 2.86. The van der Waals surface area contributed by atoms with Crippen LogP contribution in [0.3, 0.4) is 0 Å². The number of nitrogens with one attached hydrogen (secondary N) is 1. The average molecular weight is 359 g/mol. The SMILES string of the molecule is CCOc1ccc(OCCSCC(=O)Nc2cccc(C)c2C)cc1. The highest BCUT2D eigenvalue weighted by Crippen LogP contribution is 2.19. The number of rotatable bonds is 9. The Labute approximate surface area is 153 Å². The van der Waals surface area contributed by atoms with Gasteiger partial charge in [-0.1, -0.05) is 12.1 Å². The minimum absolute atomic E-state index is 0.0137. The molecule has 134 valence electrons. The first-order valence-electron chi connectivity index (χ1n) is 8.39. The number of hydrogen-bond donors (Lipinski definition) is 1. The monoisotopic (exact) mass is 359 g/mol. The van der Waals surface area contributed by atoms with Crippen LogP contribution in [0.2, 0.25) is 0 Å². The molecule has 1 N–H and O–H groups in total. The van der Waals surface area contributed by atoms with Crippen molar-refractivity contribution >= 4 is 23.4 Å². The molecular formula is C20H25NO3S. The van der Waals surface area contributed by atoms with E-state index in [-0.39, 0.29) is 5.91 Å². The van der Waals surface area contributed by atoms with Gasteiger partial charge in [0.15, 0.2) is 0 Å². The molecule has 0 heterocycles. The molecule has 0 atom stereocenters. The molecular weight excluding hydrogens is 334 g/mol. The van der Waals surface area contributed by atoms with Crippen molar-refractivity contribution in [2.75, 3.05) is 30.0 Å². The third-order valence-electron chi connectivity index (χ3n) is 3.74. The minimum Gasteiger partial charge on any atom is -0.494 e. The fraction of sp³-hybridized carbons (Fsp3) is 0.350. The fourth-order valence-electron chi connectivity index (χ4n) is 2.25. The van der Waals surface area contributed by atoms with Crippen LogP contribution in [0, 0.1) is 13.8 Å². The zero-order valence-electron chi connectivity index (χ0n) is 15.0. The molecule has 0 radical (unpaired) electrons. The van der Waals surface area contributed by atoms with Crippen molar-refractivity contribution in [1.29, 1.82) is 0 Å². The average Bonchev–Trinajstić information content (AvgIpc) is 2.60. The summed E-state index contributed by atoms with van der Waals surface area (Å²) < 4.78 is 11.1. The molecule has 0 aromatic heterocycles. The Hall–Kier alpha value is -2.14. The van der Waals surface area contributed by atoms with Crippen LogP contribution in [-0.4, -0.2) is 30.6 Å². The Morgan fingerprint density at radius 1 is 1.04 bits per heavy atom. The Kier molecular flexibility index (Phi) is 7.67. The smallest absolute Gasteiger partial charge is 0.234 e. The lowest BCUT2D eigenvalue weighted by atomic mass is 10.1. The number of ether oxygens (including phenoxy) is 2. The van der Waals surface area contributed by atoms with E-state index in [0.717, 1.165) is 28.5 Å². The number of benzene rings is 2. The van der Waals surface area contributed by atoms with Crippen LogP contribution in [0.15, 0.2) is 42.5 Å². The number of thioether (sulfide) groups is 1. The normalized spacial score (nSPS) is 10.4. The summed E-state index contributed by atoms with van der Waals surface area (Å²) in [5.41, 5.74) is 3.17. The van der Waals surface area contributed by atoms with Gasteiger partial charge in [-0.05, 0) is 62.2 Å². The van der Waals surface area contributed by atoms with Crippen molar-refractivity contribution in [3.63, 3.8) is 0 Å². The lowest BCUT2D eigenvalue weighted by molar-refractivity contribution is -0.113. The van der Waals surface area contributed by atoms with E-state index in [4.69, 9.17) is 9.47 Å². The topological polar surface area (TPSA) is 47.6 Å². The van der Waals surface area contributed by atoms with Crippen LogP contribution in [0.25, 0.3) is 0 Å². The number of anilines is 1. The van der Waals surface area contributed by atoms with Gasteiger partial charge in [-0.25, -0.2) is 0 Å². The van der Waals surface area contributed by atoms with E-state index in [1.165, 1.54) is 5.56 Å². The molecule has 2 aromatic rings. The second-order valence-electron chi connectivity index (χ2n) is 5.60. The van der Waals surface area contributed by atoms with Crippen LogP contribution in [-0.2, 0) is 4.79 Å². The Balaban J connectivity index is 1.65. The maximum absolute atomic E-state index is 12.0. The quantitative estimate of drug-likeness (QED) is 0.672. The molecule has 0 fully saturated rings. The summed E-state index contributed by atoms with van der Waals surface area (Å²) in [5.74, 6) is 2.84. The van der Waals surface area contributed by atoms with Crippen molar-refractivity contribution in [3.8, 4) is 11.5 Å². The van der Waals surface area contributed by atoms with Crippen molar-refractivity contribution in [2.45, 2.75) is 20.8 Å². The number of hydrogen-bond acceptors (Lipinski definition) is 4. The Morgan fingerprint density at radius 2 is 1.72 bits per heavy atom. The molecule has 0 aliphatic carbocycles. The number of carbonyl (C=O) groups is 1.